The van der Waals surface area contributed by atoms with E-state index in [1.54, 1.807) is 17.7 Å². The van der Waals surface area contributed by atoms with Gasteiger partial charge in [0.15, 0.2) is 0 Å². The van der Waals surface area contributed by atoms with Crippen molar-refractivity contribution in [2.45, 2.75) is 101 Å². The summed E-state index contributed by atoms with van der Waals surface area (Å²) >= 11 is -3.25. The van der Waals surface area contributed by atoms with Crippen LogP contribution in [-0.2, 0) is 37.0 Å². The standard InChI is InChI=1S/C21H25.C7H13.C5H5.CH2.2ClH.Zr/c1-20(2,3)16-7-9-18-14(12-16)11-15-13-17(21(4,5)6)8-10-19(15)18;1-2-7-5-3-4-6-7;1-2-4-5-3-1;;;;/h7-10,12H,11H2,1-6H3;2,7H,3-6H2,1H3;1-3H,4H2;1H2;2*1H;. The molecule has 2 aromatic carbocycles. The third-order valence-corrected chi connectivity index (χ3v) is 21.7. The van der Waals surface area contributed by atoms with Crippen LogP contribution in [0.2, 0.25) is 3.63 Å². The van der Waals surface area contributed by atoms with Gasteiger partial charge in [0.1, 0.15) is 0 Å². The Morgan fingerprint density at radius 3 is 2.11 bits per heavy atom. The average molecular weight is 618 g/mol. The van der Waals surface area contributed by atoms with Gasteiger partial charge in [0.25, 0.3) is 0 Å². The van der Waals surface area contributed by atoms with E-state index in [0.717, 1.165) is 22.4 Å². The number of hydrogen-bond donors (Lipinski definition) is 0. The summed E-state index contributed by atoms with van der Waals surface area (Å²) in [6, 6.07) is 12.3. The summed E-state index contributed by atoms with van der Waals surface area (Å²) in [5.74, 6) is 0.852. The van der Waals surface area contributed by atoms with Gasteiger partial charge in [-0.3, -0.25) is 0 Å². The number of allylic oxidation sites excluding steroid dienone is 4. The SMILES string of the molecule is Cl.Cl.[CH2]=[Zr]([C]1=CC=CC1)([c]1c(C(C)(C)C)ccc2c1Cc1cc(C(C)(C)C)ccc1-2)[CH](C)C1CCCC1. The van der Waals surface area contributed by atoms with E-state index in [1.165, 1.54) is 47.9 Å². The molecule has 2 aromatic rings. The van der Waals surface area contributed by atoms with Crippen molar-refractivity contribution in [2.75, 3.05) is 0 Å². The van der Waals surface area contributed by atoms with Crippen molar-refractivity contribution in [3.05, 3.63) is 74.1 Å². The Bertz CT molecular complexity index is 1260. The Morgan fingerprint density at radius 1 is 0.892 bits per heavy atom. The first-order valence-corrected chi connectivity index (χ1v) is 19.6. The Labute approximate surface area is 243 Å². The van der Waals surface area contributed by atoms with Gasteiger partial charge in [-0.25, -0.2) is 0 Å². The fraction of sp³-hybridized carbons (Fsp3) is 0.500. The summed E-state index contributed by atoms with van der Waals surface area (Å²) in [6.07, 6.45) is 15.0. The molecular formula is C34H47Cl2Zr. The second kappa shape index (κ2) is 11.0. The minimum atomic E-state index is -3.25. The summed E-state index contributed by atoms with van der Waals surface area (Å²) in [5.41, 5.74) is 9.47. The maximum absolute atomic E-state index is 5.44. The molecule has 3 aliphatic carbocycles. The van der Waals surface area contributed by atoms with Crippen LogP contribution in [0.25, 0.3) is 11.1 Å². The van der Waals surface area contributed by atoms with Crippen LogP contribution in [0.1, 0.15) is 103 Å². The zero-order valence-corrected chi connectivity index (χ0v) is 28.1. The van der Waals surface area contributed by atoms with E-state index in [4.69, 9.17) is 4.21 Å². The molecule has 1 saturated carbocycles. The monoisotopic (exact) mass is 615 g/mol. The van der Waals surface area contributed by atoms with Crippen molar-refractivity contribution < 1.29 is 19.8 Å². The van der Waals surface area contributed by atoms with Crippen molar-refractivity contribution in [1.82, 2.24) is 0 Å². The van der Waals surface area contributed by atoms with Crippen LogP contribution in [0, 0.1) is 5.92 Å². The summed E-state index contributed by atoms with van der Waals surface area (Å²) in [5, 5.41) is 0. The van der Waals surface area contributed by atoms with Crippen LogP contribution in [0.5, 0.6) is 0 Å². The van der Waals surface area contributed by atoms with Gasteiger partial charge in [0, 0.05) is 0 Å². The molecule has 2 unspecified atom stereocenters. The fourth-order valence-corrected chi connectivity index (χ4v) is 19.7. The predicted molar refractivity (Wildman–Crippen MR) is 167 cm³/mol. The maximum atomic E-state index is 5.44. The van der Waals surface area contributed by atoms with E-state index in [-0.39, 0.29) is 35.6 Å². The first kappa shape index (κ1) is 30.8. The average Bonchev–Trinajstić information content (AvgIpc) is 3.56. The third kappa shape index (κ3) is 5.36. The van der Waals surface area contributed by atoms with Crippen LogP contribution in [-0.4, -0.2) is 4.21 Å². The molecule has 5 rings (SSSR count). The number of hydrogen-bond acceptors (Lipinski definition) is 0. The van der Waals surface area contributed by atoms with Gasteiger partial charge in [-0.05, 0) is 0 Å². The van der Waals surface area contributed by atoms with Gasteiger partial charge in [0.05, 0.1) is 0 Å². The van der Waals surface area contributed by atoms with Crippen LogP contribution in [0.4, 0.5) is 0 Å². The van der Waals surface area contributed by atoms with Crippen molar-refractivity contribution in [3.8, 4) is 11.1 Å². The van der Waals surface area contributed by atoms with E-state index >= 15 is 0 Å². The Morgan fingerprint density at radius 2 is 1.54 bits per heavy atom. The van der Waals surface area contributed by atoms with E-state index in [2.05, 4.69) is 97.0 Å². The normalized spacial score (nSPS) is 19.4. The predicted octanol–water partition coefficient (Wildman–Crippen LogP) is 9.75. The molecule has 0 bridgehead atoms. The van der Waals surface area contributed by atoms with Crippen LogP contribution in [0.3, 0.4) is 0 Å². The second-order valence-corrected chi connectivity index (χ2v) is 23.5. The van der Waals surface area contributed by atoms with Crippen molar-refractivity contribution in [1.29, 1.82) is 0 Å². The zero-order valence-electron chi connectivity index (χ0n) is 24.0. The Balaban J connectivity index is 0.00000190. The molecule has 0 radical (unpaired) electrons. The van der Waals surface area contributed by atoms with Crippen molar-refractivity contribution >= 4 is 32.3 Å². The molecule has 0 aliphatic heterocycles. The number of rotatable bonds is 4. The molecule has 0 aromatic heterocycles. The first-order valence-electron chi connectivity index (χ1n) is 13.9. The third-order valence-electron chi connectivity index (χ3n) is 9.42. The second-order valence-electron chi connectivity index (χ2n) is 13.7. The van der Waals surface area contributed by atoms with Gasteiger partial charge in [0.2, 0.25) is 0 Å². The van der Waals surface area contributed by atoms with Gasteiger partial charge < -0.3 is 0 Å². The molecule has 0 saturated heterocycles. The van der Waals surface area contributed by atoms with E-state index in [0.29, 0.717) is 0 Å². The molecule has 3 heteroatoms. The molecule has 0 amide bonds. The summed E-state index contributed by atoms with van der Waals surface area (Å²) in [6.45, 7) is 16.9. The number of fused-ring (bicyclic) bond motifs is 3. The minimum absolute atomic E-state index is 0. The van der Waals surface area contributed by atoms with Crippen LogP contribution in [0.15, 0.2) is 51.8 Å². The summed E-state index contributed by atoms with van der Waals surface area (Å²) in [7, 11) is 0. The van der Waals surface area contributed by atoms with Crippen LogP contribution < -0.4 is 3.27 Å². The molecule has 1 fully saturated rings. The topological polar surface area (TPSA) is 0 Å². The van der Waals surface area contributed by atoms with Gasteiger partial charge >= 0.3 is 220 Å². The van der Waals surface area contributed by atoms with E-state index in [9.17, 15) is 0 Å². The molecule has 3 aliphatic rings. The Hall–Kier alpha value is -0.747. The quantitative estimate of drug-likeness (QED) is 0.273. The molecule has 2 atom stereocenters. The fourth-order valence-electron chi connectivity index (χ4n) is 7.20. The summed E-state index contributed by atoms with van der Waals surface area (Å²) < 4.78 is 9.66. The molecule has 0 nitrogen and oxygen atoms in total. The first-order chi connectivity index (χ1) is 16.4. The zero-order chi connectivity index (χ0) is 25.2. The number of halogens is 2. The van der Waals surface area contributed by atoms with Gasteiger partial charge in [-0.1, -0.05) is 0 Å². The Kier molecular flexibility index (Phi) is 9.17. The van der Waals surface area contributed by atoms with E-state index in [1.807, 2.05) is 0 Å². The van der Waals surface area contributed by atoms with Crippen molar-refractivity contribution in [2.24, 2.45) is 5.92 Å². The van der Waals surface area contributed by atoms with Gasteiger partial charge in [-0.2, -0.15) is 0 Å². The van der Waals surface area contributed by atoms with Gasteiger partial charge in [-0.15, -0.1) is 24.8 Å². The molecule has 0 spiro atoms. The van der Waals surface area contributed by atoms with E-state index < -0.39 is 19.8 Å². The van der Waals surface area contributed by atoms with Crippen LogP contribution >= 0.6 is 24.8 Å². The summed E-state index contributed by atoms with van der Waals surface area (Å²) in [4.78, 5) is 0. The molecular weight excluding hydrogens is 571 g/mol. The number of benzene rings is 2. The molecule has 37 heavy (non-hydrogen) atoms. The molecule has 0 N–H and O–H groups in total. The molecule has 201 valence electrons. The molecule has 0 heterocycles. The van der Waals surface area contributed by atoms with Crippen molar-refractivity contribution in [3.63, 3.8) is 0 Å².